The van der Waals surface area contributed by atoms with Gasteiger partial charge in [0.05, 0.1) is 5.02 Å². The molecule has 1 aromatic carbocycles. The molecule has 0 aliphatic rings. The molecule has 6 heteroatoms. The quantitative estimate of drug-likeness (QED) is 0.843. The fraction of sp³-hybridized carbons (Fsp3) is 0.500. The molecule has 0 amide bonds. The fourth-order valence-corrected chi connectivity index (χ4v) is 2.04. The number of halogens is 4. The second-order valence-electron chi connectivity index (χ2n) is 4.28. The van der Waals surface area contributed by atoms with Gasteiger partial charge in [-0.3, -0.25) is 0 Å². The van der Waals surface area contributed by atoms with Gasteiger partial charge in [0.2, 0.25) is 0 Å². The van der Waals surface area contributed by atoms with E-state index in [0.29, 0.717) is 23.0 Å². The molecule has 1 rings (SSSR count). The Kier molecular flexibility index (Phi) is 6.12. The van der Waals surface area contributed by atoms with E-state index in [2.05, 4.69) is 23.9 Å². The first-order valence-electron chi connectivity index (χ1n) is 5.53. The van der Waals surface area contributed by atoms with Gasteiger partial charge < -0.3 is 10.1 Å². The van der Waals surface area contributed by atoms with Crippen molar-refractivity contribution in [1.82, 2.24) is 5.32 Å². The summed E-state index contributed by atoms with van der Waals surface area (Å²) < 4.78 is 29.0. The van der Waals surface area contributed by atoms with Crippen molar-refractivity contribution in [2.75, 3.05) is 6.54 Å². The van der Waals surface area contributed by atoms with Crippen LogP contribution in [-0.2, 0) is 6.54 Å². The molecule has 0 atom stereocenters. The van der Waals surface area contributed by atoms with Crippen LogP contribution in [0.4, 0.5) is 8.78 Å². The van der Waals surface area contributed by atoms with Crippen LogP contribution >= 0.6 is 23.2 Å². The van der Waals surface area contributed by atoms with Crippen molar-refractivity contribution in [3.8, 4) is 5.75 Å². The normalized spacial score (nSPS) is 11.3. The van der Waals surface area contributed by atoms with E-state index in [1.165, 1.54) is 6.07 Å². The van der Waals surface area contributed by atoms with Gasteiger partial charge in [-0.05, 0) is 24.6 Å². The molecule has 0 aromatic heterocycles. The van der Waals surface area contributed by atoms with Gasteiger partial charge in [-0.1, -0.05) is 37.0 Å². The monoisotopic (exact) mass is 297 g/mol. The van der Waals surface area contributed by atoms with Crippen molar-refractivity contribution in [3.63, 3.8) is 0 Å². The molecule has 0 spiro atoms. The van der Waals surface area contributed by atoms with Gasteiger partial charge in [-0.2, -0.15) is 8.78 Å². The van der Waals surface area contributed by atoms with E-state index in [9.17, 15) is 8.78 Å². The molecule has 0 saturated carbocycles. The second-order valence-corrected chi connectivity index (χ2v) is 5.12. The third-order valence-electron chi connectivity index (χ3n) is 2.16. The molecule has 0 radical (unpaired) electrons. The Labute approximate surface area is 115 Å². The van der Waals surface area contributed by atoms with Crippen LogP contribution in [0.15, 0.2) is 12.1 Å². The van der Waals surface area contributed by atoms with Crippen LogP contribution in [0, 0.1) is 5.92 Å². The van der Waals surface area contributed by atoms with Crippen molar-refractivity contribution in [3.05, 3.63) is 27.7 Å². The van der Waals surface area contributed by atoms with Gasteiger partial charge in [-0.15, -0.1) is 0 Å². The van der Waals surface area contributed by atoms with Crippen LogP contribution in [0.2, 0.25) is 10.0 Å². The van der Waals surface area contributed by atoms with Crippen molar-refractivity contribution >= 4 is 23.2 Å². The molecule has 18 heavy (non-hydrogen) atoms. The summed E-state index contributed by atoms with van der Waals surface area (Å²) in [5, 5.41) is 3.61. The van der Waals surface area contributed by atoms with Crippen LogP contribution in [0.25, 0.3) is 0 Å². The van der Waals surface area contributed by atoms with E-state index in [0.717, 1.165) is 6.54 Å². The van der Waals surface area contributed by atoms with Gasteiger partial charge in [0.25, 0.3) is 0 Å². The molecule has 0 aliphatic heterocycles. The molecule has 0 bridgehead atoms. The third kappa shape index (κ3) is 4.96. The third-order valence-corrected chi connectivity index (χ3v) is 2.66. The van der Waals surface area contributed by atoms with Gasteiger partial charge in [0.1, 0.15) is 5.75 Å². The highest BCUT2D eigenvalue weighted by molar-refractivity contribution is 6.35. The highest BCUT2D eigenvalue weighted by Gasteiger charge is 2.15. The molecule has 2 nitrogen and oxygen atoms in total. The van der Waals surface area contributed by atoms with E-state index >= 15 is 0 Å². The Morgan fingerprint density at radius 2 is 1.94 bits per heavy atom. The van der Waals surface area contributed by atoms with Crippen LogP contribution in [0.1, 0.15) is 19.4 Å². The zero-order valence-electron chi connectivity index (χ0n) is 10.1. The molecule has 0 heterocycles. The van der Waals surface area contributed by atoms with Crippen LogP contribution in [-0.4, -0.2) is 13.2 Å². The average molecular weight is 298 g/mol. The Bertz CT molecular complexity index is 400. The molecular weight excluding hydrogens is 283 g/mol. The molecule has 0 saturated heterocycles. The van der Waals surface area contributed by atoms with Gasteiger partial charge >= 0.3 is 6.61 Å². The lowest BCUT2D eigenvalue weighted by atomic mass is 10.1. The Balaban J connectivity index is 2.85. The maximum Gasteiger partial charge on any atom is 0.387 e. The Hall–Kier alpha value is -0.580. The minimum Gasteiger partial charge on any atom is -0.433 e. The second kappa shape index (κ2) is 7.12. The summed E-state index contributed by atoms with van der Waals surface area (Å²) in [6, 6.07) is 2.95. The first-order valence-corrected chi connectivity index (χ1v) is 6.29. The zero-order chi connectivity index (χ0) is 13.7. The number of benzene rings is 1. The molecule has 1 N–H and O–H groups in total. The molecule has 102 valence electrons. The van der Waals surface area contributed by atoms with E-state index in [1.54, 1.807) is 6.07 Å². The molecule has 1 aromatic rings. The SMILES string of the molecule is CC(C)CNCc1cc(Cl)cc(Cl)c1OC(F)F. The fourth-order valence-electron chi connectivity index (χ4n) is 1.46. The number of hydrogen-bond donors (Lipinski definition) is 1. The topological polar surface area (TPSA) is 21.3 Å². The van der Waals surface area contributed by atoms with Crippen molar-refractivity contribution in [1.29, 1.82) is 0 Å². The van der Waals surface area contributed by atoms with Crippen LogP contribution in [0.5, 0.6) is 5.75 Å². The van der Waals surface area contributed by atoms with Gasteiger partial charge in [-0.25, -0.2) is 0 Å². The summed E-state index contributed by atoms with van der Waals surface area (Å²) in [5.41, 5.74) is 0.522. The first-order chi connectivity index (χ1) is 8.40. The van der Waals surface area contributed by atoms with E-state index < -0.39 is 6.61 Å². The Morgan fingerprint density at radius 1 is 1.28 bits per heavy atom. The summed E-state index contributed by atoms with van der Waals surface area (Å²) in [6.45, 7) is 2.33. The minimum absolute atomic E-state index is 0.0210. The van der Waals surface area contributed by atoms with E-state index in [1.807, 2.05) is 0 Å². The summed E-state index contributed by atoms with van der Waals surface area (Å²) in [7, 11) is 0. The van der Waals surface area contributed by atoms with Crippen LogP contribution in [0.3, 0.4) is 0 Å². The molecule has 0 unspecified atom stereocenters. The lowest BCUT2D eigenvalue weighted by Crippen LogP contribution is -2.20. The smallest absolute Gasteiger partial charge is 0.387 e. The number of alkyl halides is 2. The maximum absolute atomic E-state index is 12.3. The van der Waals surface area contributed by atoms with Gasteiger partial charge in [0, 0.05) is 17.1 Å². The lowest BCUT2D eigenvalue weighted by Gasteiger charge is -2.14. The van der Waals surface area contributed by atoms with Crippen LogP contribution < -0.4 is 10.1 Å². The number of rotatable bonds is 6. The average Bonchev–Trinajstić information content (AvgIpc) is 2.22. The molecule has 0 aliphatic carbocycles. The molecule has 0 fully saturated rings. The van der Waals surface area contributed by atoms with E-state index in [-0.39, 0.29) is 10.8 Å². The highest BCUT2D eigenvalue weighted by atomic mass is 35.5. The van der Waals surface area contributed by atoms with Crippen molar-refractivity contribution < 1.29 is 13.5 Å². The van der Waals surface area contributed by atoms with Crippen molar-refractivity contribution in [2.45, 2.75) is 27.0 Å². The largest absolute Gasteiger partial charge is 0.433 e. The summed E-state index contributed by atoms with van der Waals surface area (Å²) in [6.07, 6.45) is 0. The minimum atomic E-state index is -2.91. The number of nitrogens with one attached hydrogen (secondary N) is 1. The predicted molar refractivity (Wildman–Crippen MR) is 69.6 cm³/mol. The zero-order valence-corrected chi connectivity index (χ0v) is 11.7. The van der Waals surface area contributed by atoms with Gasteiger partial charge in [0.15, 0.2) is 0 Å². The van der Waals surface area contributed by atoms with Crippen molar-refractivity contribution in [2.24, 2.45) is 5.92 Å². The van der Waals surface area contributed by atoms with E-state index in [4.69, 9.17) is 23.2 Å². The summed E-state index contributed by atoms with van der Waals surface area (Å²) in [5.74, 6) is 0.437. The predicted octanol–water partition coefficient (Wildman–Crippen LogP) is 4.34. The standard InChI is InChI=1S/C12H15Cl2F2NO/c1-7(2)5-17-6-8-3-9(13)4-10(14)11(8)18-12(15)16/h3-4,7,12,17H,5-6H2,1-2H3. The number of ether oxygens (including phenoxy) is 1. The first kappa shape index (κ1) is 15.5. The lowest BCUT2D eigenvalue weighted by molar-refractivity contribution is -0.0504. The molecular formula is C12H15Cl2F2NO. The summed E-state index contributed by atoms with van der Waals surface area (Å²) >= 11 is 11.7. The highest BCUT2D eigenvalue weighted by Crippen LogP contribution is 2.33. The Morgan fingerprint density at radius 3 is 2.50 bits per heavy atom. The number of hydrogen-bond acceptors (Lipinski definition) is 2. The summed E-state index contributed by atoms with van der Waals surface area (Å²) in [4.78, 5) is 0. The maximum atomic E-state index is 12.3.